The monoisotopic (exact) mass is 306 g/mol. The largest absolute Gasteiger partial charge is 0.493 e. The van der Waals surface area contributed by atoms with Gasteiger partial charge in [0.2, 0.25) is 0 Å². The van der Waals surface area contributed by atoms with E-state index in [4.69, 9.17) is 15.2 Å². The number of nitrogens with zero attached hydrogens (tertiary/aromatic N) is 1. The van der Waals surface area contributed by atoms with Gasteiger partial charge in [-0.1, -0.05) is 6.92 Å². The molecule has 5 heteroatoms. The minimum absolute atomic E-state index is 0.175. The average Bonchev–Trinajstić information content (AvgIpc) is 2.86. The maximum atomic E-state index is 6.02. The maximum absolute atomic E-state index is 6.02. The number of benzene rings is 1. The minimum Gasteiger partial charge on any atom is -0.493 e. The van der Waals surface area contributed by atoms with Gasteiger partial charge in [-0.15, -0.1) is 11.3 Å². The van der Waals surface area contributed by atoms with Gasteiger partial charge in [-0.05, 0) is 37.1 Å². The van der Waals surface area contributed by atoms with Gasteiger partial charge in [0.05, 0.1) is 29.8 Å². The quantitative estimate of drug-likeness (QED) is 0.888. The first-order valence-corrected chi connectivity index (χ1v) is 7.85. The van der Waals surface area contributed by atoms with Crippen molar-refractivity contribution in [1.82, 2.24) is 4.98 Å². The fraction of sp³-hybridized carbons (Fsp3) is 0.438. The summed E-state index contributed by atoms with van der Waals surface area (Å²) in [6.07, 6.45) is 1.79. The molecule has 2 rings (SSSR count). The summed E-state index contributed by atoms with van der Waals surface area (Å²) in [5.41, 5.74) is 8.15. The Balaban J connectivity index is 2.33. The van der Waals surface area contributed by atoms with Crippen LogP contribution in [-0.4, -0.2) is 25.2 Å². The molecular weight excluding hydrogens is 284 g/mol. The van der Waals surface area contributed by atoms with Crippen LogP contribution >= 0.6 is 11.3 Å². The van der Waals surface area contributed by atoms with Gasteiger partial charge in [0, 0.05) is 12.5 Å². The Bertz CT molecular complexity index is 610. The summed E-state index contributed by atoms with van der Waals surface area (Å²) < 4.78 is 10.6. The highest BCUT2D eigenvalue weighted by Gasteiger charge is 2.14. The molecule has 4 nitrogen and oxygen atoms in total. The molecule has 0 saturated heterocycles. The van der Waals surface area contributed by atoms with E-state index in [0.717, 1.165) is 45.5 Å². The van der Waals surface area contributed by atoms with Crippen molar-refractivity contribution in [2.75, 3.05) is 14.2 Å². The molecule has 0 bridgehead atoms. The molecule has 1 atom stereocenters. The number of aryl methyl sites for hydroxylation is 1. The number of ether oxygens (including phenoxy) is 2. The molecule has 0 spiro atoms. The van der Waals surface area contributed by atoms with Gasteiger partial charge in [-0.3, -0.25) is 0 Å². The Morgan fingerprint density at radius 2 is 1.95 bits per heavy atom. The molecule has 2 N–H and O–H groups in total. The summed E-state index contributed by atoms with van der Waals surface area (Å²) in [4.78, 5) is 5.80. The molecule has 1 unspecified atom stereocenters. The molecule has 0 amide bonds. The summed E-state index contributed by atoms with van der Waals surface area (Å²) >= 11 is 1.70. The van der Waals surface area contributed by atoms with Gasteiger partial charge < -0.3 is 15.2 Å². The molecule has 0 fully saturated rings. The van der Waals surface area contributed by atoms with E-state index in [2.05, 4.69) is 11.9 Å². The molecule has 0 aliphatic carbocycles. The van der Waals surface area contributed by atoms with Gasteiger partial charge in [-0.25, -0.2) is 4.98 Å². The van der Waals surface area contributed by atoms with Crippen LogP contribution in [0.25, 0.3) is 10.4 Å². The second kappa shape index (κ2) is 6.91. The normalized spacial score (nSPS) is 12.2. The lowest BCUT2D eigenvalue weighted by atomic mass is 10.1. The summed E-state index contributed by atoms with van der Waals surface area (Å²) in [5, 5.41) is 1.09. The van der Waals surface area contributed by atoms with Crippen LogP contribution in [0, 0.1) is 6.92 Å². The summed E-state index contributed by atoms with van der Waals surface area (Å²) in [6.45, 7) is 4.13. The van der Waals surface area contributed by atoms with Gasteiger partial charge in [-0.2, -0.15) is 0 Å². The molecule has 0 saturated carbocycles. The number of aromatic nitrogens is 1. The van der Waals surface area contributed by atoms with Gasteiger partial charge in [0.15, 0.2) is 11.5 Å². The van der Waals surface area contributed by atoms with Crippen molar-refractivity contribution in [3.63, 3.8) is 0 Å². The van der Waals surface area contributed by atoms with E-state index in [9.17, 15) is 0 Å². The molecule has 114 valence electrons. The number of thiazole rings is 1. The van der Waals surface area contributed by atoms with E-state index >= 15 is 0 Å². The van der Waals surface area contributed by atoms with Crippen LogP contribution in [0.1, 0.15) is 24.0 Å². The van der Waals surface area contributed by atoms with Crippen LogP contribution in [-0.2, 0) is 6.42 Å². The molecule has 2 aromatic rings. The van der Waals surface area contributed by atoms with Crippen LogP contribution in [0.2, 0.25) is 0 Å². The molecule has 1 aromatic heterocycles. The molecule has 1 heterocycles. The van der Waals surface area contributed by atoms with Crippen LogP contribution in [0.5, 0.6) is 11.5 Å². The molecule has 0 aliphatic heterocycles. The fourth-order valence-corrected chi connectivity index (χ4v) is 3.31. The Morgan fingerprint density at radius 1 is 1.24 bits per heavy atom. The number of hydrogen-bond acceptors (Lipinski definition) is 5. The van der Waals surface area contributed by atoms with E-state index < -0.39 is 0 Å². The van der Waals surface area contributed by atoms with Crippen molar-refractivity contribution >= 4 is 11.3 Å². The zero-order valence-corrected chi connectivity index (χ0v) is 13.8. The Kier molecular flexibility index (Phi) is 5.20. The summed E-state index contributed by atoms with van der Waals surface area (Å²) in [7, 11) is 3.28. The van der Waals surface area contributed by atoms with Crippen molar-refractivity contribution in [3.05, 3.63) is 28.9 Å². The Labute approximate surface area is 129 Å². The lowest BCUT2D eigenvalue weighted by molar-refractivity contribution is 0.355. The number of nitrogens with two attached hydrogens (primary N) is 1. The molecular formula is C16H22N2O2S. The third-order valence-electron chi connectivity index (χ3n) is 3.45. The third-order valence-corrected chi connectivity index (χ3v) is 4.68. The van der Waals surface area contributed by atoms with E-state index in [1.165, 1.54) is 0 Å². The van der Waals surface area contributed by atoms with E-state index in [0.29, 0.717) is 0 Å². The van der Waals surface area contributed by atoms with Gasteiger partial charge in [0.1, 0.15) is 0 Å². The first-order chi connectivity index (χ1) is 10.1. The van der Waals surface area contributed by atoms with E-state index in [1.807, 2.05) is 25.1 Å². The third kappa shape index (κ3) is 3.54. The standard InChI is InChI=1S/C16H22N2O2S/c1-5-12(17)9-15-18-10(2)16(21-15)11-6-7-13(19-3)14(8-11)20-4/h6-8,12H,5,9,17H2,1-4H3. The highest BCUT2D eigenvalue weighted by atomic mass is 32.1. The van der Waals surface area contributed by atoms with Crippen LogP contribution in [0.15, 0.2) is 18.2 Å². The zero-order valence-electron chi connectivity index (χ0n) is 13.0. The highest BCUT2D eigenvalue weighted by Crippen LogP contribution is 2.36. The van der Waals surface area contributed by atoms with Crippen LogP contribution < -0.4 is 15.2 Å². The number of hydrogen-bond donors (Lipinski definition) is 1. The Morgan fingerprint density at radius 3 is 2.57 bits per heavy atom. The minimum atomic E-state index is 0.175. The lowest BCUT2D eigenvalue weighted by Gasteiger charge is -2.09. The first-order valence-electron chi connectivity index (χ1n) is 7.03. The Hall–Kier alpha value is -1.59. The van der Waals surface area contributed by atoms with Gasteiger partial charge in [0.25, 0.3) is 0 Å². The van der Waals surface area contributed by atoms with Crippen molar-refractivity contribution in [1.29, 1.82) is 0 Å². The first kappa shape index (κ1) is 15.8. The van der Waals surface area contributed by atoms with E-state index in [-0.39, 0.29) is 6.04 Å². The fourth-order valence-electron chi connectivity index (χ4n) is 2.15. The number of rotatable bonds is 6. The smallest absolute Gasteiger partial charge is 0.161 e. The predicted molar refractivity (Wildman–Crippen MR) is 87.4 cm³/mol. The second-order valence-electron chi connectivity index (χ2n) is 4.96. The van der Waals surface area contributed by atoms with Crippen molar-refractivity contribution in [2.24, 2.45) is 5.73 Å². The molecule has 0 radical (unpaired) electrons. The van der Waals surface area contributed by atoms with Crippen molar-refractivity contribution in [3.8, 4) is 21.9 Å². The van der Waals surface area contributed by atoms with Crippen LogP contribution in [0.3, 0.4) is 0 Å². The van der Waals surface area contributed by atoms with Crippen molar-refractivity contribution in [2.45, 2.75) is 32.7 Å². The average molecular weight is 306 g/mol. The second-order valence-corrected chi connectivity index (χ2v) is 6.05. The van der Waals surface area contributed by atoms with Crippen molar-refractivity contribution < 1.29 is 9.47 Å². The molecule has 0 aliphatic rings. The summed E-state index contributed by atoms with van der Waals surface area (Å²) in [5.74, 6) is 1.46. The maximum Gasteiger partial charge on any atom is 0.161 e. The lowest BCUT2D eigenvalue weighted by Crippen LogP contribution is -2.21. The SMILES string of the molecule is CCC(N)Cc1nc(C)c(-c2ccc(OC)c(OC)c2)s1. The number of methoxy groups -OCH3 is 2. The predicted octanol–water partition coefficient (Wildman–Crippen LogP) is 3.42. The zero-order chi connectivity index (χ0) is 15.4. The topological polar surface area (TPSA) is 57.4 Å². The summed E-state index contributed by atoms with van der Waals surface area (Å²) in [6, 6.07) is 6.12. The molecule has 1 aromatic carbocycles. The molecule has 21 heavy (non-hydrogen) atoms. The van der Waals surface area contributed by atoms with Gasteiger partial charge >= 0.3 is 0 Å². The van der Waals surface area contributed by atoms with Crippen LogP contribution in [0.4, 0.5) is 0 Å². The van der Waals surface area contributed by atoms with E-state index in [1.54, 1.807) is 25.6 Å². The highest BCUT2D eigenvalue weighted by molar-refractivity contribution is 7.15.